The van der Waals surface area contributed by atoms with E-state index in [-0.39, 0.29) is 17.4 Å². The molecule has 108 valence electrons. The lowest BCUT2D eigenvalue weighted by molar-refractivity contribution is -0.124. The minimum Gasteiger partial charge on any atom is -0.369 e. The fourth-order valence-electron chi connectivity index (χ4n) is 2.55. The van der Waals surface area contributed by atoms with E-state index in [9.17, 15) is 9.59 Å². The predicted molar refractivity (Wildman–Crippen MR) is 75.5 cm³/mol. The zero-order chi connectivity index (χ0) is 14.1. The van der Waals surface area contributed by atoms with E-state index in [1.807, 2.05) is 0 Å². The average molecular weight is 276 g/mol. The van der Waals surface area contributed by atoms with Crippen molar-refractivity contribution in [2.24, 2.45) is 18.9 Å². The van der Waals surface area contributed by atoms with E-state index in [2.05, 4.69) is 15.3 Å². The Balaban J connectivity index is 1.59. The van der Waals surface area contributed by atoms with Crippen LogP contribution in [0.3, 0.4) is 0 Å². The SMILES string of the molecule is Cn1ncc(N2CCC(C(=O)NCC3CC3)C2)cc1=O. The second-order valence-electron chi connectivity index (χ2n) is 5.80. The highest BCUT2D eigenvalue weighted by atomic mass is 16.2. The average Bonchev–Trinajstić information content (AvgIpc) is 3.14. The summed E-state index contributed by atoms with van der Waals surface area (Å²) in [4.78, 5) is 25.7. The quantitative estimate of drug-likeness (QED) is 0.849. The van der Waals surface area contributed by atoms with Crippen molar-refractivity contribution in [3.05, 3.63) is 22.6 Å². The van der Waals surface area contributed by atoms with Gasteiger partial charge < -0.3 is 10.2 Å². The maximum atomic E-state index is 12.1. The number of carbonyl (C=O) groups is 1. The smallest absolute Gasteiger partial charge is 0.268 e. The van der Waals surface area contributed by atoms with Crippen molar-refractivity contribution in [2.75, 3.05) is 24.5 Å². The summed E-state index contributed by atoms with van der Waals surface area (Å²) in [5.41, 5.74) is 0.690. The number of hydrogen-bond donors (Lipinski definition) is 1. The molecule has 6 heteroatoms. The van der Waals surface area contributed by atoms with Gasteiger partial charge in [0.15, 0.2) is 0 Å². The summed E-state index contributed by atoms with van der Waals surface area (Å²) in [6.07, 6.45) is 5.02. The van der Waals surface area contributed by atoms with E-state index < -0.39 is 0 Å². The third-order valence-corrected chi connectivity index (χ3v) is 4.14. The van der Waals surface area contributed by atoms with Crippen molar-refractivity contribution < 1.29 is 4.79 Å². The number of amides is 1. The lowest BCUT2D eigenvalue weighted by Crippen LogP contribution is -2.34. The van der Waals surface area contributed by atoms with Crippen LogP contribution in [-0.4, -0.2) is 35.3 Å². The van der Waals surface area contributed by atoms with Gasteiger partial charge in [-0.3, -0.25) is 9.59 Å². The third kappa shape index (κ3) is 2.84. The summed E-state index contributed by atoms with van der Waals surface area (Å²) in [6.45, 7) is 2.30. The normalized spacial score (nSPS) is 22.1. The van der Waals surface area contributed by atoms with Gasteiger partial charge in [-0.1, -0.05) is 0 Å². The third-order valence-electron chi connectivity index (χ3n) is 4.14. The molecule has 1 saturated carbocycles. The highest BCUT2D eigenvalue weighted by Crippen LogP contribution is 2.28. The van der Waals surface area contributed by atoms with E-state index in [0.29, 0.717) is 12.5 Å². The molecule has 1 atom stereocenters. The van der Waals surface area contributed by atoms with Crippen molar-refractivity contribution in [1.82, 2.24) is 15.1 Å². The molecule has 1 aliphatic carbocycles. The molecule has 0 aromatic carbocycles. The maximum Gasteiger partial charge on any atom is 0.268 e. The van der Waals surface area contributed by atoms with Crippen LogP contribution in [0.5, 0.6) is 0 Å². The molecule has 1 aliphatic heterocycles. The number of nitrogens with zero attached hydrogens (tertiary/aromatic N) is 3. The first-order valence-corrected chi connectivity index (χ1v) is 7.19. The minimum atomic E-state index is -0.121. The maximum absolute atomic E-state index is 12.1. The number of aryl methyl sites for hydroxylation is 1. The number of nitrogens with one attached hydrogen (secondary N) is 1. The monoisotopic (exact) mass is 276 g/mol. The summed E-state index contributed by atoms with van der Waals surface area (Å²) in [5.74, 6) is 0.881. The van der Waals surface area contributed by atoms with Gasteiger partial charge in [-0.15, -0.1) is 0 Å². The topological polar surface area (TPSA) is 67.2 Å². The number of anilines is 1. The summed E-state index contributed by atoms with van der Waals surface area (Å²) in [6, 6.07) is 1.58. The van der Waals surface area contributed by atoms with Crippen LogP contribution in [0.15, 0.2) is 17.1 Å². The van der Waals surface area contributed by atoms with Crippen LogP contribution < -0.4 is 15.8 Å². The molecule has 6 nitrogen and oxygen atoms in total. The molecule has 3 rings (SSSR count). The summed E-state index contributed by atoms with van der Waals surface area (Å²) < 4.78 is 1.30. The van der Waals surface area contributed by atoms with Crippen molar-refractivity contribution in [1.29, 1.82) is 0 Å². The van der Waals surface area contributed by atoms with Crippen molar-refractivity contribution >= 4 is 11.6 Å². The fraction of sp³-hybridized carbons (Fsp3) is 0.643. The molecule has 1 amide bonds. The number of aromatic nitrogens is 2. The second kappa shape index (κ2) is 5.26. The lowest BCUT2D eigenvalue weighted by atomic mass is 10.1. The molecular formula is C14H20N4O2. The van der Waals surface area contributed by atoms with Crippen LogP contribution >= 0.6 is 0 Å². The molecule has 0 bridgehead atoms. The molecule has 1 saturated heterocycles. The molecule has 2 fully saturated rings. The van der Waals surface area contributed by atoms with Crippen molar-refractivity contribution in [3.63, 3.8) is 0 Å². The van der Waals surface area contributed by atoms with E-state index in [1.54, 1.807) is 19.3 Å². The number of carbonyl (C=O) groups excluding carboxylic acids is 1. The molecule has 1 unspecified atom stereocenters. The summed E-state index contributed by atoms with van der Waals surface area (Å²) >= 11 is 0. The van der Waals surface area contributed by atoms with Crippen LogP contribution in [0.4, 0.5) is 5.69 Å². The molecular weight excluding hydrogens is 256 g/mol. The Morgan fingerprint density at radius 2 is 2.25 bits per heavy atom. The van der Waals surface area contributed by atoms with Crippen molar-refractivity contribution in [3.8, 4) is 0 Å². The largest absolute Gasteiger partial charge is 0.369 e. The molecule has 1 N–H and O–H groups in total. The second-order valence-corrected chi connectivity index (χ2v) is 5.80. The summed E-state index contributed by atoms with van der Waals surface area (Å²) in [5, 5.41) is 7.05. The molecule has 2 aliphatic rings. The van der Waals surface area contributed by atoms with Crippen LogP contribution in [0.2, 0.25) is 0 Å². The van der Waals surface area contributed by atoms with Gasteiger partial charge >= 0.3 is 0 Å². The van der Waals surface area contributed by atoms with Crippen LogP contribution in [0.1, 0.15) is 19.3 Å². The van der Waals surface area contributed by atoms with Gasteiger partial charge in [-0.2, -0.15) is 5.10 Å². The Kier molecular flexibility index (Phi) is 3.46. The first kappa shape index (κ1) is 13.1. The number of hydrogen-bond acceptors (Lipinski definition) is 4. The Morgan fingerprint density at radius 1 is 1.45 bits per heavy atom. The first-order valence-electron chi connectivity index (χ1n) is 7.19. The number of rotatable bonds is 4. The van der Waals surface area contributed by atoms with E-state index in [0.717, 1.165) is 25.2 Å². The van der Waals surface area contributed by atoms with Gasteiger partial charge in [-0.25, -0.2) is 4.68 Å². The van der Waals surface area contributed by atoms with E-state index in [4.69, 9.17) is 0 Å². The van der Waals surface area contributed by atoms with Crippen molar-refractivity contribution in [2.45, 2.75) is 19.3 Å². The molecule has 20 heavy (non-hydrogen) atoms. The van der Waals surface area contributed by atoms with E-state index in [1.165, 1.54) is 17.5 Å². The van der Waals surface area contributed by atoms with Gasteiger partial charge in [0.1, 0.15) is 0 Å². The lowest BCUT2D eigenvalue weighted by Gasteiger charge is -2.18. The molecule has 2 heterocycles. The van der Waals surface area contributed by atoms with Crippen LogP contribution in [0.25, 0.3) is 0 Å². The Hall–Kier alpha value is -1.85. The Bertz CT molecular complexity index is 565. The summed E-state index contributed by atoms with van der Waals surface area (Å²) in [7, 11) is 1.63. The van der Waals surface area contributed by atoms with E-state index >= 15 is 0 Å². The highest BCUT2D eigenvalue weighted by molar-refractivity contribution is 5.80. The molecule has 0 spiro atoms. The Labute approximate surface area is 117 Å². The Morgan fingerprint density at radius 3 is 2.95 bits per heavy atom. The molecule has 0 radical (unpaired) electrons. The predicted octanol–water partition coefficient (Wildman–Crippen LogP) is 0.133. The highest BCUT2D eigenvalue weighted by Gasteiger charge is 2.30. The van der Waals surface area contributed by atoms with Gasteiger partial charge in [0.2, 0.25) is 5.91 Å². The molecule has 1 aromatic heterocycles. The molecule has 1 aromatic rings. The van der Waals surface area contributed by atoms with Gasteiger partial charge in [-0.05, 0) is 25.2 Å². The van der Waals surface area contributed by atoms with Gasteiger partial charge in [0.25, 0.3) is 5.56 Å². The van der Waals surface area contributed by atoms with Gasteiger partial charge in [0.05, 0.1) is 17.8 Å². The first-order chi connectivity index (χ1) is 9.63. The van der Waals surface area contributed by atoms with Crippen LogP contribution in [-0.2, 0) is 11.8 Å². The minimum absolute atomic E-state index is 0.0257. The fourth-order valence-corrected chi connectivity index (χ4v) is 2.55. The zero-order valence-electron chi connectivity index (χ0n) is 11.7. The standard InChI is InChI=1S/C14H20N4O2/c1-17-13(19)6-12(8-16-17)18-5-4-11(9-18)14(20)15-7-10-2-3-10/h6,8,10-11H,2-5,7,9H2,1H3,(H,15,20). The van der Waals surface area contributed by atoms with Gasteiger partial charge in [0, 0.05) is 32.7 Å². The van der Waals surface area contributed by atoms with Crippen LogP contribution in [0, 0.1) is 11.8 Å². The zero-order valence-corrected chi connectivity index (χ0v) is 11.7.